The van der Waals surface area contributed by atoms with Gasteiger partial charge in [0.1, 0.15) is 0 Å². The Morgan fingerprint density at radius 2 is 1.90 bits per heavy atom. The van der Waals surface area contributed by atoms with Crippen molar-refractivity contribution in [2.45, 2.75) is 65.0 Å². The van der Waals surface area contributed by atoms with Crippen LogP contribution in [0.4, 0.5) is 0 Å². The van der Waals surface area contributed by atoms with Gasteiger partial charge in [-0.05, 0) is 43.4 Å². The summed E-state index contributed by atoms with van der Waals surface area (Å²) in [6, 6.07) is 1.45. The van der Waals surface area contributed by atoms with Crippen LogP contribution in [0.5, 0.6) is 0 Å². The van der Waals surface area contributed by atoms with Gasteiger partial charge in [-0.15, -0.1) is 6.42 Å². The Bertz CT molecular complexity index is 323. The predicted octanol–water partition coefficient (Wildman–Crippen LogP) is 3.13. The van der Waals surface area contributed by atoms with Crippen LogP contribution in [-0.2, 0) is 0 Å². The molecule has 3 unspecified atom stereocenters. The summed E-state index contributed by atoms with van der Waals surface area (Å²) < 4.78 is 0. The normalized spacial score (nSPS) is 33.2. The van der Waals surface area contributed by atoms with Crippen LogP contribution in [0.1, 0.15) is 52.9 Å². The van der Waals surface area contributed by atoms with E-state index in [0.717, 1.165) is 43.4 Å². The fraction of sp³-hybridized carbons (Fsp3) is 0.889. The summed E-state index contributed by atoms with van der Waals surface area (Å²) in [4.78, 5) is 2.40. The number of hydrogen-bond acceptors (Lipinski definition) is 2. The fourth-order valence-corrected chi connectivity index (χ4v) is 4.08. The Labute approximate surface area is 125 Å². The Morgan fingerprint density at radius 3 is 2.50 bits per heavy atom. The summed E-state index contributed by atoms with van der Waals surface area (Å²) in [5.74, 6) is 5.34. The van der Waals surface area contributed by atoms with Crippen LogP contribution < -0.4 is 5.32 Å². The lowest BCUT2D eigenvalue weighted by atomic mass is 9.73. The smallest absolute Gasteiger partial charge is 0.0598 e. The second-order valence-electron chi connectivity index (χ2n) is 7.35. The lowest BCUT2D eigenvalue weighted by molar-refractivity contribution is 0.136. The molecular weight excluding hydrogens is 244 g/mol. The molecule has 1 N–H and O–H groups in total. The average molecular weight is 276 g/mol. The highest BCUT2D eigenvalue weighted by atomic mass is 15.1. The van der Waals surface area contributed by atoms with E-state index < -0.39 is 0 Å². The maximum absolute atomic E-state index is 5.40. The van der Waals surface area contributed by atoms with E-state index in [1.54, 1.807) is 0 Å². The first-order valence-electron chi connectivity index (χ1n) is 8.52. The van der Waals surface area contributed by atoms with Crippen molar-refractivity contribution in [1.82, 2.24) is 10.2 Å². The van der Waals surface area contributed by atoms with Gasteiger partial charge in [0.15, 0.2) is 0 Å². The molecule has 1 heterocycles. The molecule has 114 valence electrons. The predicted molar refractivity (Wildman–Crippen MR) is 86.6 cm³/mol. The molecule has 1 saturated carbocycles. The summed E-state index contributed by atoms with van der Waals surface area (Å²) in [6.07, 6.45) is 12.1. The minimum Gasteiger partial charge on any atom is -0.311 e. The number of rotatable bonds is 4. The third kappa shape index (κ3) is 4.24. The molecule has 0 aromatic heterocycles. The molecule has 2 aliphatic rings. The molecule has 2 nitrogen and oxygen atoms in total. The van der Waals surface area contributed by atoms with Gasteiger partial charge in [0.05, 0.1) is 6.54 Å². The van der Waals surface area contributed by atoms with Crippen molar-refractivity contribution in [2.75, 3.05) is 19.6 Å². The minimum atomic E-state index is 0.709. The standard InChI is InChI=1S/C18H32N2/c1-5-10-20-11-8-16(9-12-20)19-18-13-15(4)6-7-17(18)14(2)3/h1,14-19H,6-13H2,2-4H3. The van der Waals surface area contributed by atoms with Crippen molar-refractivity contribution >= 4 is 0 Å². The van der Waals surface area contributed by atoms with Gasteiger partial charge in [-0.3, -0.25) is 4.90 Å². The fourth-order valence-electron chi connectivity index (χ4n) is 4.08. The van der Waals surface area contributed by atoms with Gasteiger partial charge < -0.3 is 5.32 Å². The van der Waals surface area contributed by atoms with Crippen LogP contribution in [0.15, 0.2) is 0 Å². The molecule has 1 aliphatic carbocycles. The van der Waals surface area contributed by atoms with Crippen LogP contribution in [0.2, 0.25) is 0 Å². The van der Waals surface area contributed by atoms with Crippen LogP contribution >= 0.6 is 0 Å². The van der Waals surface area contributed by atoms with E-state index in [1.807, 2.05) is 0 Å². The third-order valence-electron chi connectivity index (χ3n) is 5.37. The van der Waals surface area contributed by atoms with Gasteiger partial charge in [-0.1, -0.05) is 33.1 Å². The summed E-state index contributed by atoms with van der Waals surface area (Å²) in [6.45, 7) is 10.4. The van der Waals surface area contributed by atoms with Crippen LogP contribution in [0.3, 0.4) is 0 Å². The molecule has 3 atom stereocenters. The van der Waals surface area contributed by atoms with Crippen molar-refractivity contribution in [1.29, 1.82) is 0 Å². The summed E-state index contributed by atoms with van der Waals surface area (Å²) in [5.41, 5.74) is 0. The van der Waals surface area contributed by atoms with Gasteiger partial charge in [0, 0.05) is 25.2 Å². The van der Waals surface area contributed by atoms with Crippen LogP contribution in [0, 0.1) is 30.1 Å². The van der Waals surface area contributed by atoms with E-state index in [0.29, 0.717) is 6.04 Å². The summed E-state index contributed by atoms with van der Waals surface area (Å²) in [7, 11) is 0. The maximum Gasteiger partial charge on any atom is 0.0598 e. The maximum atomic E-state index is 5.40. The molecule has 1 saturated heterocycles. The van der Waals surface area contributed by atoms with Crippen molar-refractivity contribution in [3.63, 3.8) is 0 Å². The average Bonchev–Trinajstić information content (AvgIpc) is 2.41. The Balaban J connectivity index is 1.83. The van der Waals surface area contributed by atoms with Crippen LogP contribution in [-0.4, -0.2) is 36.6 Å². The molecule has 0 amide bonds. The topological polar surface area (TPSA) is 15.3 Å². The molecule has 20 heavy (non-hydrogen) atoms. The summed E-state index contributed by atoms with van der Waals surface area (Å²) in [5, 5.41) is 4.00. The Hall–Kier alpha value is -0.520. The minimum absolute atomic E-state index is 0.709. The van der Waals surface area contributed by atoms with Crippen molar-refractivity contribution in [3.05, 3.63) is 0 Å². The van der Waals surface area contributed by atoms with E-state index in [9.17, 15) is 0 Å². The highest BCUT2D eigenvalue weighted by Crippen LogP contribution is 2.34. The molecule has 0 spiro atoms. The highest BCUT2D eigenvalue weighted by Gasteiger charge is 2.32. The zero-order valence-corrected chi connectivity index (χ0v) is 13.6. The monoisotopic (exact) mass is 276 g/mol. The first kappa shape index (κ1) is 15.9. The first-order valence-corrected chi connectivity index (χ1v) is 8.52. The second kappa shape index (κ2) is 7.48. The lowest BCUT2D eigenvalue weighted by Gasteiger charge is -2.41. The van der Waals surface area contributed by atoms with Gasteiger partial charge >= 0.3 is 0 Å². The zero-order chi connectivity index (χ0) is 14.5. The van der Waals surface area contributed by atoms with E-state index in [1.165, 1.54) is 32.1 Å². The Morgan fingerprint density at radius 1 is 1.20 bits per heavy atom. The molecule has 0 radical (unpaired) electrons. The second-order valence-corrected chi connectivity index (χ2v) is 7.35. The SMILES string of the molecule is C#CCN1CCC(NC2CC(C)CCC2C(C)C)CC1. The summed E-state index contributed by atoms with van der Waals surface area (Å²) >= 11 is 0. The number of nitrogens with zero attached hydrogens (tertiary/aromatic N) is 1. The van der Waals surface area contributed by atoms with Crippen molar-refractivity contribution in [2.24, 2.45) is 17.8 Å². The molecule has 0 bridgehead atoms. The van der Waals surface area contributed by atoms with Crippen molar-refractivity contribution in [3.8, 4) is 12.3 Å². The molecule has 1 aliphatic heterocycles. The van der Waals surface area contributed by atoms with Gasteiger partial charge in [0.25, 0.3) is 0 Å². The van der Waals surface area contributed by atoms with E-state index in [4.69, 9.17) is 6.42 Å². The Kier molecular flexibility index (Phi) is 5.93. The van der Waals surface area contributed by atoms with Crippen molar-refractivity contribution < 1.29 is 0 Å². The number of nitrogens with one attached hydrogen (secondary N) is 1. The van der Waals surface area contributed by atoms with E-state index >= 15 is 0 Å². The first-order chi connectivity index (χ1) is 9.60. The number of likely N-dealkylation sites (tertiary alicyclic amines) is 1. The van der Waals surface area contributed by atoms with Gasteiger partial charge in [-0.2, -0.15) is 0 Å². The third-order valence-corrected chi connectivity index (χ3v) is 5.37. The quantitative estimate of drug-likeness (QED) is 0.794. The molecule has 2 heteroatoms. The molecular formula is C18H32N2. The largest absolute Gasteiger partial charge is 0.311 e. The molecule has 0 aromatic rings. The highest BCUT2D eigenvalue weighted by molar-refractivity contribution is 4.92. The zero-order valence-electron chi connectivity index (χ0n) is 13.6. The number of hydrogen-bond donors (Lipinski definition) is 1. The number of terminal acetylenes is 1. The van der Waals surface area contributed by atoms with Gasteiger partial charge in [-0.25, -0.2) is 0 Å². The molecule has 2 fully saturated rings. The molecule has 2 rings (SSSR count). The van der Waals surface area contributed by atoms with Crippen LogP contribution in [0.25, 0.3) is 0 Å². The lowest BCUT2D eigenvalue weighted by Crippen LogP contribution is -2.51. The number of piperidine rings is 1. The van der Waals surface area contributed by atoms with E-state index in [-0.39, 0.29) is 0 Å². The van der Waals surface area contributed by atoms with E-state index in [2.05, 4.69) is 36.9 Å². The van der Waals surface area contributed by atoms with Gasteiger partial charge in [0.2, 0.25) is 0 Å². The molecule has 0 aromatic carbocycles.